The molecule has 2 atom stereocenters. The summed E-state index contributed by atoms with van der Waals surface area (Å²) in [5.41, 5.74) is 0.0491. The minimum atomic E-state index is -3.84. The number of amides is 1. The van der Waals surface area contributed by atoms with Gasteiger partial charge < -0.3 is 5.32 Å². The molecule has 5 nitrogen and oxygen atoms in total. The number of nitrogens with zero attached hydrogens (tertiary/aromatic N) is 1. The van der Waals surface area contributed by atoms with Gasteiger partial charge in [-0.15, -0.1) is 0 Å². The van der Waals surface area contributed by atoms with Gasteiger partial charge in [-0.2, -0.15) is 4.31 Å². The van der Waals surface area contributed by atoms with Gasteiger partial charge in [-0.3, -0.25) is 4.79 Å². The van der Waals surface area contributed by atoms with Crippen LogP contribution >= 0.6 is 0 Å². The first-order valence-corrected chi connectivity index (χ1v) is 10.4. The predicted octanol–water partition coefficient (Wildman–Crippen LogP) is 2.29. The highest BCUT2D eigenvalue weighted by molar-refractivity contribution is 7.89. The topological polar surface area (TPSA) is 66.5 Å². The Bertz CT molecular complexity index is 789. The van der Waals surface area contributed by atoms with Crippen molar-refractivity contribution in [3.05, 3.63) is 30.1 Å². The highest BCUT2D eigenvalue weighted by Gasteiger charge is 2.58. The molecule has 0 radical (unpaired) electrons. The van der Waals surface area contributed by atoms with Gasteiger partial charge in [0.25, 0.3) is 0 Å². The van der Waals surface area contributed by atoms with E-state index in [1.807, 2.05) is 0 Å². The quantitative estimate of drug-likeness (QED) is 0.889. The zero-order valence-corrected chi connectivity index (χ0v) is 14.9. The van der Waals surface area contributed by atoms with Crippen molar-refractivity contribution < 1.29 is 17.6 Å². The summed E-state index contributed by atoms with van der Waals surface area (Å²) in [5, 5.41) is 3.23. The highest BCUT2D eigenvalue weighted by atomic mass is 32.2. The lowest BCUT2D eigenvalue weighted by Crippen LogP contribution is -2.46. The lowest BCUT2D eigenvalue weighted by Gasteiger charge is -2.31. The molecule has 7 heteroatoms. The molecule has 136 valence electrons. The number of hydrogen-bond acceptors (Lipinski definition) is 3. The molecule has 0 unspecified atom stereocenters. The van der Waals surface area contributed by atoms with Crippen LogP contribution in [0, 0.1) is 17.7 Å². The molecule has 1 aliphatic heterocycles. The number of carbonyl (C=O) groups excluding carboxylic acids is 1. The van der Waals surface area contributed by atoms with Crippen LogP contribution in [0.1, 0.15) is 38.5 Å². The minimum Gasteiger partial charge on any atom is -0.350 e. The molecule has 0 aromatic heterocycles. The van der Waals surface area contributed by atoms with E-state index in [-0.39, 0.29) is 35.3 Å². The molecule has 4 rings (SSSR count). The summed E-state index contributed by atoms with van der Waals surface area (Å²) < 4.78 is 40.4. The number of fused-ring (bicyclic) bond motifs is 1. The number of hydrogen-bond donors (Lipinski definition) is 1. The van der Waals surface area contributed by atoms with Crippen molar-refractivity contribution in [1.82, 2.24) is 9.62 Å². The van der Waals surface area contributed by atoms with Gasteiger partial charge in [-0.25, -0.2) is 12.8 Å². The Kier molecular flexibility index (Phi) is 4.11. The first kappa shape index (κ1) is 17.0. The molecule has 25 heavy (non-hydrogen) atoms. The summed E-state index contributed by atoms with van der Waals surface area (Å²) in [6.07, 6.45) is 5.54. The van der Waals surface area contributed by atoms with Crippen LogP contribution in [0.15, 0.2) is 29.2 Å². The molecular weight excluding hydrogens is 343 g/mol. The summed E-state index contributed by atoms with van der Waals surface area (Å²) in [4.78, 5) is 12.2. The van der Waals surface area contributed by atoms with E-state index in [0.717, 1.165) is 18.9 Å². The summed E-state index contributed by atoms with van der Waals surface area (Å²) in [5.74, 6) is -0.170. The van der Waals surface area contributed by atoms with Crippen molar-refractivity contribution in [2.45, 2.75) is 49.0 Å². The molecular formula is C18H23FN2O3S. The molecule has 0 bridgehead atoms. The van der Waals surface area contributed by atoms with Crippen molar-refractivity contribution in [3.63, 3.8) is 0 Å². The van der Waals surface area contributed by atoms with Gasteiger partial charge in [0.1, 0.15) is 10.7 Å². The van der Waals surface area contributed by atoms with E-state index in [9.17, 15) is 17.6 Å². The lowest BCUT2D eigenvalue weighted by atomic mass is 9.96. The Labute approximate surface area is 147 Å². The van der Waals surface area contributed by atoms with Gasteiger partial charge >= 0.3 is 0 Å². The number of benzene rings is 1. The van der Waals surface area contributed by atoms with Crippen molar-refractivity contribution in [3.8, 4) is 0 Å². The van der Waals surface area contributed by atoms with E-state index in [1.165, 1.54) is 35.3 Å². The fourth-order valence-electron chi connectivity index (χ4n) is 4.44. The predicted molar refractivity (Wildman–Crippen MR) is 90.7 cm³/mol. The summed E-state index contributed by atoms with van der Waals surface area (Å²) in [6.45, 7) is 0.510. The normalized spacial score (nSPS) is 30.0. The third-order valence-corrected chi connectivity index (χ3v) is 7.99. The SMILES string of the molecule is O=C(N[C@@]12CCC[C@@H]1C2)C1CCN(S(=O)(=O)c2ccccc2F)CC1. The first-order valence-electron chi connectivity index (χ1n) is 8.99. The Morgan fingerprint density at radius 1 is 1.20 bits per heavy atom. The Hall–Kier alpha value is -1.47. The van der Waals surface area contributed by atoms with Gasteiger partial charge in [0.05, 0.1) is 0 Å². The van der Waals surface area contributed by atoms with Gasteiger partial charge in [0, 0.05) is 24.5 Å². The Balaban J connectivity index is 1.38. The van der Waals surface area contributed by atoms with Gasteiger partial charge in [0.2, 0.25) is 15.9 Å². The first-order chi connectivity index (χ1) is 11.9. The largest absolute Gasteiger partial charge is 0.350 e. The van der Waals surface area contributed by atoms with E-state index in [2.05, 4.69) is 5.32 Å². The molecule has 1 N–H and O–H groups in total. The van der Waals surface area contributed by atoms with E-state index < -0.39 is 15.8 Å². The van der Waals surface area contributed by atoms with Crippen LogP contribution in [0.4, 0.5) is 4.39 Å². The van der Waals surface area contributed by atoms with Crippen LogP contribution in [0.25, 0.3) is 0 Å². The number of nitrogens with one attached hydrogen (secondary N) is 1. The van der Waals surface area contributed by atoms with Crippen LogP contribution in [-0.2, 0) is 14.8 Å². The van der Waals surface area contributed by atoms with Crippen LogP contribution in [0.2, 0.25) is 0 Å². The summed E-state index contributed by atoms with van der Waals surface area (Å²) >= 11 is 0. The Morgan fingerprint density at radius 3 is 2.52 bits per heavy atom. The average Bonchev–Trinajstić information content (AvgIpc) is 3.14. The maximum absolute atomic E-state index is 13.8. The minimum absolute atomic E-state index is 0.0491. The molecule has 2 saturated carbocycles. The maximum Gasteiger partial charge on any atom is 0.245 e. The molecule has 1 saturated heterocycles. The van der Waals surface area contributed by atoms with Crippen LogP contribution in [-0.4, -0.2) is 37.3 Å². The fourth-order valence-corrected chi connectivity index (χ4v) is 5.98. The second-order valence-corrected chi connectivity index (χ2v) is 9.45. The number of rotatable bonds is 4. The number of carbonyl (C=O) groups is 1. The zero-order chi connectivity index (χ0) is 17.7. The van der Waals surface area contributed by atoms with Crippen LogP contribution < -0.4 is 5.32 Å². The van der Waals surface area contributed by atoms with Crippen molar-refractivity contribution in [1.29, 1.82) is 0 Å². The number of piperidine rings is 1. The lowest BCUT2D eigenvalue weighted by molar-refractivity contribution is -0.127. The molecule has 3 aliphatic rings. The van der Waals surface area contributed by atoms with Crippen LogP contribution in [0.5, 0.6) is 0 Å². The Morgan fingerprint density at radius 2 is 1.92 bits per heavy atom. The molecule has 2 aliphatic carbocycles. The smallest absolute Gasteiger partial charge is 0.245 e. The number of sulfonamides is 1. The highest BCUT2D eigenvalue weighted by Crippen LogP contribution is 2.55. The van der Waals surface area contributed by atoms with Gasteiger partial charge in [-0.05, 0) is 50.2 Å². The molecule has 1 heterocycles. The van der Waals surface area contributed by atoms with Crippen molar-refractivity contribution in [2.75, 3.05) is 13.1 Å². The summed E-state index contributed by atoms with van der Waals surface area (Å²) in [7, 11) is -3.84. The van der Waals surface area contributed by atoms with Crippen LogP contribution in [0.3, 0.4) is 0 Å². The summed E-state index contributed by atoms with van der Waals surface area (Å²) in [6, 6.07) is 5.43. The molecule has 1 aromatic rings. The van der Waals surface area contributed by atoms with E-state index in [4.69, 9.17) is 0 Å². The van der Waals surface area contributed by atoms with E-state index in [1.54, 1.807) is 0 Å². The van der Waals surface area contributed by atoms with Crippen molar-refractivity contribution in [2.24, 2.45) is 11.8 Å². The third-order valence-electron chi connectivity index (χ3n) is 6.06. The molecule has 1 amide bonds. The van der Waals surface area contributed by atoms with E-state index in [0.29, 0.717) is 18.8 Å². The second kappa shape index (κ2) is 6.06. The second-order valence-electron chi connectivity index (χ2n) is 7.55. The maximum atomic E-state index is 13.8. The molecule has 1 aromatic carbocycles. The zero-order valence-electron chi connectivity index (χ0n) is 14.1. The van der Waals surface area contributed by atoms with Gasteiger partial charge in [-0.1, -0.05) is 18.6 Å². The molecule has 0 spiro atoms. The average molecular weight is 366 g/mol. The number of halogens is 1. The van der Waals surface area contributed by atoms with Gasteiger partial charge in [0.15, 0.2) is 0 Å². The standard InChI is InChI=1S/C18H23FN2O3S/c19-15-5-1-2-6-16(15)25(23,24)21-10-7-13(8-11-21)17(22)20-18-9-3-4-14(18)12-18/h1-2,5-6,13-14H,3-4,7-12H2,(H,20,22)/t14-,18-/m1/s1. The fraction of sp³-hybridized carbons (Fsp3) is 0.611. The van der Waals surface area contributed by atoms with E-state index >= 15 is 0 Å². The molecule has 3 fully saturated rings. The third kappa shape index (κ3) is 2.97. The van der Waals surface area contributed by atoms with Crippen molar-refractivity contribution >= 4 is 15.9 Å². The monoisotopic (exact) mass is 366 g/mol.